The quantitative estimate of drug-likeness (QED) is 0.572. The average molecular weight is 266 g/mol. The molecule has 0 radical (unpaired) electrons. The van der Waals surface area contributed by atoms with Crippen LogP contribution in [0, 0.1) is 0 Å². The third kappa shape index (κ3) is 4.83. The highest BCUT2D eigenvalue weighted by Gasteiger charge is 2.24. The number of carbonyl (C=O) groups is 1. The van der Waals surface area contributed by atoms with E-state index in [4.69, 9.17) is 0 Å². The van der Waals surface area contributed by atoms with Crippen molar-refractivity contribution in [3.8, 4) is 0 Å². The standard InChI is InChI=1S/C15H22O2S/c1-3-8-15(17,9-4-2)12-18-14-7-5-6-13(10-14)11-16/h5-7,10-11,17H,3-4,8-9,12H2,1-2H3. The van der Waals surface area contributed by atoms with E-state index in [2.05, 4.69) is 13.8 Å². The van der Waals surface area contributed by atoms with Crippen LogP contribution in [0.2, 0.25) is 0 Å². The zero-order valence-electron chi connectivity index (χ0n) is 11.2. The molecule has 0 atom stereocenters. The van der Waals surface area contributed by atoms with E-state index in [1.165, 1.54) is 0 Å². The van der Waals surface area contributed by atoms with E-state index in [9.17, 15) is 9.90 Å². The molecule has 0 saturated carbocycles. The van der Waals surface area contributed by atoms with Crippen LogP contribution in [0.25, 0.3) is 0 Å². The summed E-state index contributed by atoms with van der Waals surface area (Å²) in [6.45, 7) is 4.19. The van der Waals surface area contributed by atoms with Crippen molar-refractivity contribution in [2.75, 3.05) is 5.75 Å². The first-order valence-electron chi connectivity index (χ1n) is 6.54. The number of aliphatic hydroxyl groups is 1. The Hall–Kier alpha value is -0.800. The maximum Gasteiger partial charge on any atom is 0.150 e. The molecule has 0 aliphatic rings. The van der Waals surface area contributed by atoms with Crippen LogP contribution in [0.5, 0.6) is 0 Å². The molecule has 0 bridgehead atoms. The SMILES string of the molecule is CCCC(O)(CCC)CSc1cccc(C=O)c1. The number of carbonyl (C=O) groups excluding carboxylic acids is 1. The summed E-state index contributed by atoms with van der Waals surface area (Å²) < 4.78 is 0. The van der Waals surface area contributed by atoms with Gasteiger partial charge in [0.25, 0.3) is 0 Å². The van der Waals surface area contributed by atoms with E-state index in [-0.39, 0.29) is 0 Å². The lowest BCUT2D eigenvalue weighted by molar-refractivity contribution is 0.0455. The lowest BCUT2D eigenvalue weighted by Gasteiger charge is -2.27. The molecule has 0 unspecified atom stereocenters. The van der Waals surface area contributed by atoms with Gasteiger partial charge in [0.05, 0.1) is 5.60 Å². The van der Waals surface area contributed by atoms with Crippen molar-refractivity contribution < 1.29 is 9.90 Å². The Morgan fingerprint density at radius 1 is 1.28 bits per heavy atom. The topological polar surface area (TPSA) is 37.3 Å². The van der Waals surface area contributed by atoms with Crippen LogP contribution in [0.4, 0.5) is 0 Å². The van der Waals surface area contributed by atoms with Crippen LogP contribution < -0.4 is 0 Å². The molecule has 0 heterocycles. The minimum Gasteiger partial charge on any atom is -0.389 e. The van der Waals surface area contributed by atoms with E-state index in [1.807, 2.05) is 18.2 Å². The largest absolute Gasteiger partial charge is 0.389 e. The molecule has 0 amide bonds. The minimum atomic E-state index is -0.578. The van der Waals surface area contributed by atoms with Gasteiger partial charge in [-0.1, -0.05) is 38.8 Å². The van der Waals surface area contributed by atoms with E-state index in [0.717, 1.165) is 36.9 Å². The van der Waals surface area contributed by atoms with Gasteiger partial charge in [0, 0.05) is 16.2 Å². The molecule has 0 spiro atoms. The summed E-state index contributed by atoms with van der Waals surface area (Å²) in [6.07, 6.45) is 4.51. The number of rotatable bonds is 8. The maximum absolute atomic E-state index is 10.7. The maximum atomic E-state index is 10.7. The second kappa shape index (κ2) is 7.59. The van der Waals surface area contributed by atoms with E-state index in [0.29, 0.717) is 11.3 Å². The van der Waals surface area contributed by atoms with Crippen LogP contribution in [0.1, 0.15) is 49.9 Å². The molecule has 0 saturated heterocycles. The average Bonchev–Trinajstić information content (AvgIpc) is 2.37. The lowest BCUT2D eigenvalue weighted by atomic mass is 9.95. The lowest BCUT2D eigenvalue weighted by Crippen LogP contribution is -2.31. The summed E-state index contributed by atoms with van der Waals surface area (Å²) in [4.78, 5) is 11.8. The summed E-state index contributed by atoms with van der Waals surface area (Å²) in [5, 5.41) is 10.5. The Morgan fingerprint density at radius 2 is 1.94 bits per heavy atom. The van der Waals surface area contributed by atoms with Gasteiger partial charge in [0.2, 0.25) is 0 Å². The van der Waals surface area contributed by atoms with Gasteiger partial charge >= 0.3 is 0 Å². The molecule has 3 heteroatoms. The van der Waals surface area contributed by atoms with E-state index in [1.54, 1.807) is 17.8 Å². The van der Waals surface area contributed by atoms with Gasteiger partial charge < -0.3 is 5.11 Å². The zero-order chi connectivity index (χ0) is 13.4. The molecule has 0 aromatic heterocycles. The normalized spacial score (nSPS) is 11.5. The zero-order valence-corrected chi connectivity index (χ0v) is 12.0. The van der Waals surface area contributed by atoms with Crippen LogP contribution in [0.15, 0.2) is 29.2 Å². The van der Waals surface area contributed by atoms with Crippen molar-refractivity contribution in [3.05, 3.63) is 29.8 Å². The fraction of sp³-hybridized carbons (Fsp3) is 0.533. The molecule has 1 aromatic carbocycles. The van der Waals surface area contributed by atoms with Crippen LogP contribution in [-0.2, 0) is 0 Å². The van der Waals surface area contributed by atoms with Crippen molar-refractivity contribution in [3.63, 3.8) is 0 Å². The van der Waals surface area contributed by atoms with Crippen molar-refractivity contribution in [2.45, 2.75) is 50.0 Å². The molecule has 100 valence electrons. The number of hydrogen-bond acceptors (Lipinski definition) is 3. The molecule has 2 nitrogen and oxygen atoms in total. The number of hydrogen-bond donors (Lipinski definition) is 1. The Bertz CT molecular complexity index is 371. The molecular weight excluding hydrogens is 244 g/mol. The van der Waals surface area contributed by atoms with Gasteiger partial charge in [-0.15, -0.1) is 11.8 Å². The third-order valence-corrected chi connectivity index (χ3v) is 4.20. The predicted octanol–water partition coefficient (Wildman–Crippen LogP) is 3.92. The first kappa shape index (κ1) is 15.3. The molecule has 1 N–H and O–H groups in total. The van der Waals surface area contributed by atoms with Crippen LogP contribution >= 0.6 is 11.8 Å². The Morgan fingerprint density at radius 3 is 2.50 bits per heavy atom. The van der Waals surface area contributed by atoms with Gasteiger partial charge in [0.1, 0.15) is 6.29 Å². The minimum absolute atomic E-state index is 0.578. The summed E-state index contributed by atoms with van der Waals surface area (Å²) >= 11 is 1.63. The summed E-state index contributed by atoms with van der Waals surface area (Å²) in [7, 11) is 0. The van der Waals surface area contributed by atoms with Crippen molar-refractivity contribution in [2.24, 2.45) is 0 Å². The summed E-state index contributed by atoms with van der Waals surface area (Å²) in [5.41, 5.74) is 0.111. The Labute approximate surface area is 114 Å². The van der Waals surface area contributed by atoms with Crippen molar-refractivity contribution in [1.82, 2.24) is 0 Å². The highest BCUT2D eigenvalue weighted by molar-refractivity contribution is 7.99. The second-order valence-corrected chi connectivity index (χ2v) is 5.75. The van der Waals surface area contributed by atoms with Crippen molar-refractivity contribution >= 4 is 18.0 Å². The molecular formula is C15H22O2S. The first-order chi connectivity index (χ1) is 8.63. The molecule has 1 aromatic rings. The van der Waals surface area contributed by atoms with Crippen LogP contribution in [0.3, 0.4) is 0 Å². The fourth-order valence-corrected chi connectivity index (χ4v) is 3.21. The van der Waals surface area contributed by atoms with E-state index < -0.39 is 5.60 Å². The smallest absolute Gasteiger partial charge is 0.150 e. The molecule has 0 aliphatic heterocycles. The third-order valence-electron chi connectivity index (χ3n) is 2.93. The molecule has 0 aliphatic carbocycles. The monoisotopic (exact) mass is 266 g/mol. The van der Waals surface area contributed by atoms with Gasteiger partial charge in [-0.25, -0.2) is 0 Å². The Kier molecular flexibility index (Phi) is 6.44. The Balaban J connectivity index is 2.63. The second-order valence-electron chi connectivity index (χ2n) is 4.70. The highest BCUT2D eigenvalue weighted by Crippen LogP contribution is 2.29. The van der Waals surface area contributed by atoms with Gasteiger partial charge in [0.15, 0.2) is 0 Å². The van der Waals surface area contributed by atoms with E-state index >= 15 is 0 Å². The predicted molar refractivity (Wildman–Crippen MR) is 77.3 cm³/mol. The number of thioether (sulfide) groups is 1. The molecule has 1 rings (SSSR count). The van der Waals surface area contributed by atoms with Crippen molar-refractivity contribution in [1.29, 1.82) is 0 Å². The fourth-order valence-electron chi connectivity index (χ4n) is 2.10. The summed E-state index contributed by atoms with van der Waals surface area (Å²) in [6, 6.07) is 7.53. The first-order valence-corrected chi connectivity index (χ1v) is 7.52. The summed E-state index contributed by atoms with van der Waals surface area (Å²) in [5.74, 6) is 0.691. The van der Waals surface area contributed by atoms with Gasteiger partial charge in [-0.3, -0.25) is 4.79 Å². The van der Waals surface area contributed by atoms with Crippen LogP contribution in [-0.4, -0.2) is 22.7 Å². The van der Waals surface area contributed by atoms with Gasteiger partial charge in [-0.05, 0) is 25.0 Å². The number of aldehydes is 1. The number of benzene rings is 1. The highest BCUT2D eigenvalue weighted by atomic mass is 32.2. The van der Waals surface area contributed by atoms with Gasteiger partial charge in [-0.2, -0.15) is 0 Å². The molecule has 18 heavy (non-hydrogen) atoms. The molecule has 0 fully saturated rings.